The molecule has 0 radical (unpaired) electrons. The number of rotatable bonds is 2. The van der Waals surface area contributed by atoms with Gasteiger partial charge in [0.15, 0.2) is 0 Å². The van der Waals surface area contributed by atoms with Crippen molar-refractivity contribution >= 4 is 28.6 Å². The number of hydrogen-bond donors (Lipinski definition) is 0. The predicted octanol–water partition coefficient (Wildman–Crippen LogP) is 3.55. The van der Waals surface area contributed by atoms with E-state index in [1.165, 1.54) is 0 Å². The summed E-state index contributed by atoms with van der Waals surface area (Å²) >= 11 is 6.21. The van der Waals surface area contributed by atoms with Crippen molar-refractivity contribution in [2.75, 3.05) is 0 Å². The number of isocyanates is 1. The molecule has 0 saturated heterocycles. The van der Waals surface area contributed by atoms with Gasteiger partial charge in [-0.3, -0.25) is 0 Å². The number of halogens is 1. The highest BCUT2D eigenvalue weighted by Gasteiger charge is 2.40. The molecule has 0 atom stereocenters. The standard InChI is InChI=1S/C14H13ClN2O/c1-17-8-12(15)10-4-2-5-11(13(10)17)14(16-9-18)6-3-7-14/h2,4-5,8H,3,6-7H2,1H3. The highest BCUT2D eigenvalue weighted by molar-refractivity contribution is 6.35. The first-order valence-corrected chi connectivity index (χ1v) is 6.39. The fourth-order valence-corrected chi connectivity index (χ4v) is 3.14. The molecule has 0 amide bonds. The molecule has 1 aliphatic rings. The topological polar surface area (TPSA) is 34.4 Å². The number of para-hydroxylation sites is 1. The molecule has 1 saturated carbocycles. The third-order valence-electron chi connectivity index (χ3n) is 3.89. The van der Waals surface area contributed by atoms with E-state index in [2.05, 4.69) is 4.99 Å². The Morgan fingerprint density at radius 2 is 2.22 bits per heavy atom. The Bertz CT molecular complexity index is 664. The summed E-state index contributed by atoms with van der Waals surface area (Å²) in [6, 6.07) is 6.01. The van der Waals surface area contributed by atoms with E-state index in [4.69, 9.17) is 11.6 Å². The Kier molecular flexibility index (Phi) is 2.54. The molecule has 18 heavy (non-hydrogen) atoms. The molecule has 3 rings (SSSR count). The molecule has 0 N–H and O–H groups in total. The van der Waals surface area contributed by atoms with Crippen molar-refractivity contribution in [2.24, 2.45) is 12.0 Å². The average molecular weight is 261 g/mol. The SMILES string of the molecule is Cn1cc(Cl)c2cccc(C3(N=C=O)CCC3)c21. The Hall–Kier alpha value is -1.57. The normalized spacial score (nSPS) is 17.2. The van der Waals surface area contributed by atoms with Crippen molar-refractivity contribution in [1.29, 1.82) is 0 Å². The van der Waals surface area contributed by atoms with Gasteiger partial charge in [0.2, 0.25) is 6.08 Å². The highest BCUT2D eigenvalue weighted by Crippen LogP contribution is 2.47. The summed E-state index contributed by atoms with van der Waals surface area (Å²) in [5.74, 6) is 0. The zero-order valence-electron chi connectivity index (χ0n) is 10.1. The van der Waals surface area contributed by atoms with Gasteiger partial charge in [-0.1, -0.05) is 29.8 Å². The van der Waals surface area contributed by atoms with E-state index < -0.39 is 0 Å². The lowest BCUT2D eigenvalue weighted by Crippen LogP contribution is -2.32. The first kappa shape index (κ1) is 11.5. The Morgan fingerprint density at radius 3 is 2.83 bits per heavy atom. The van der Waals surface area contributed by atoms with E-state index in [-0.39, 0.29) is 5.54 Å². The third-order valence-corrected chi connectivity index (χ3v) is 4.20. The molecule has 0 unspecified atom stereocenters. The average Bonchev–Trinajstić information content (AvgIpc) is 2.60. The Labute approximate surface area is 110 Å². The second-order valence-corrected chi connectivity index (χ2v) is 5.29. The van der Waals surface area contributed by atoms with Crippen LogP contribution >= 0.6 is 11.6 Å². The fraction of sp³-hybridized carbons (Fsp3) is 0.357. The minimum atomic E-state index is -0.378. The number of aromatic nitrogens is 1. The minimum absolute atomic E-state index is 0.378. The maximum absolute atomic E-state index is 10.7. The monoisotopic (exact) mass is 260 g/mol. The van der Waals surface area contributed by atoms with Crippen molar-refractivity contribution < 1.29 is 4.79 Å². The van der Waals surface area contributed by atoms with Crippen LogP contribution in [0.5, 0.6) is 0 Å². The lowest BCUT2D eigenvalue weighted by atomic mass is 9.72. The lowest BCUT2D eigenvalue weighted by Gasteiger charge is -2.37. The lowest BCUT2D eigenvalue weighted by molar-refractivity contribution is 0.257. The summed E-state index contributed by atoms with van der Waals surface area (Å²) in [5, 5.41) is 1.75. The molecule has 0 spiro atoms. The summed E-state index contributed by atoms with van der Waals surface area (Å²) in [4.78, 5) is 14.8. The van der Waals surface area contributed by atoms with Crippen LogP contribution in [0.3, 0.4) is 0 Å². The number of benzene rings is 1. The maximum Gasteiger partial charge on any atom is 0.235 e. The van der Waals surface area contributed by atoms with Crippen LogP contribution in [0.4, 0.5) is 0 Å². The second-order valence-electron chi connectivity index (χ2n) is 4.88. The van der Waals surface area contributed by atoms with Gasteiger partial charge in [-0.25, -0.2) is 4.79 Å². The smallest absolute Gasteiger partial charge is 0.235 e. The van der Waals surface area contributed by atoms with Gasteiger partial charge in [0.05, 0.1) is 10.5 Å². The molecule has 1 fully saturated rings. The van der Waals surface area contributed by atoms with Crippen molar-refractivity contribution in [3.8, 4) is 0 Å². The summed E-state index contributed by atoms with van der Waals surface area (Å²) in [5.41, 5.74) is 1.78. The van der Waals surface area contributed by atoms with E-state index in [9.17, 15) is 4.79 Å². The minimum Gasteiger partial charge on any atom is -0.349 e. The summed E-state index contributed by atoms with van der Waals surface area (Å²) in [6.07, 6.45) is 6.54. The Morgan fingerprint density at radius 1 is 1.44 bits per heavy atom. The molecular formula is C14H13ClN2O. The van der Waals surface area contributed by atoms with Gasteiger partial charge in [-0.05, 0) is 19.3 Å². The summed E-state index contributed by atoms with van der Waals surface area (Å²) < 4.78 is 2.01. The van der Waals surface area contributed by atoms with E-state index in [0.717, 1.165) is 40.8 Å². The van der Waals surface area contributed by atoms with Crippen LogP contribution < -0.4 is 0 Å². The van der Waals surface area contributed by atoms with E-state index in [1.807, 2.05) is 36.0 Å². The van der Waals surface area contributed by atoms with Crippen LogP contribution in [0, 0.1) is 0 Å². The molecule has 2 aromatic rings. The van der Waals surface area contributed by atoms with Crippen LogP contribution in [0.1, 0.15) is 24.8 Å². The number of hydrogen-bond acceptors (Lipinski definition) is 2. The Balaban J connectivity index is 2.32. The van der Waals surface area contributed by atoms with Gasteiger partial charge in [-0.15, -0.1) is 0 Å². The molecule has 1 aromatic carbocycles. The van der Waals surface area contributed by atoms with Crippen LogP contribution in [-0.2, 0) is 17.4 Å². The molecule has 3 nitrogen and oxygen atoms in total. The third kappa shape index (κ3) is 1.45. The molecular weight excluding hydrogens is 248 g/mol. The predicted molar refractivity (Wildman–Crippen MR) is 71.6 cm³/mol. The highest BCUT2D eigenvalue weighted by atomic mass is 35.5. The van der Waals surface area contributed by atoms with Gasteiger partial charge in [0.25, 0.3) is 0 Å². The fourth-order valence-electron chi connectivity index (χ4n) is 2.84. The van der Waals surface area contributed by atoms with Crippen LogP contribution in [0.15, 0.2) is 29.4 Å². The summed E-state index contributed by atoms with van der Waals surface area (Å²) in [7, 11) is 1.97. The van der Waals surface area contributed by atoms with Gasteiger partial charge in [-0.2, -0.15) is 4.99 Å². The zero-order valence-corrected chi connectivity index (χ0v) is 10.9. The first-order valence-electron chi connectivity index (χ1n) is 6.01. The van der Waals surface area contributed by atoms with E-state index in [0.29, 0.717) is 0 Å². The molecule has 92 valence electrons. The maximum atomic E-state index is 10.7. The summed E-state index contributed by atoms with van der Waals surface area (Å²) in [6.45, 7) is 0. The quantitative estimate of drug-likeness (QED) is 0.601. The van der Waals surface area contributed by atoms with Crippen LogP contribution in [0.25, 0.3) is 10.9 Å². The number of aliphatic imine (C=N–C) groups is 1. The second kappa shape index (κ2) is 3.98. The largest absolute Gasteiger partial charge is 0.349 e. The molecule has 1 heterocycles. The number of fused-ring (bicyclic) bond motifs is 1. The van der Waals surface area contributed by atoms with Crippen molar-refractivity contribution in [2.45, 2.75) is 24.8 Å². The number of aryl methyl sites for hydroxylation is 1. The van der Waals surface area contributed by atoms with Crippen molar-refractivity contribution in [3.05, 3.63) is 35.0 Å². The zero-order chi connectivity index (χ0) is 12.8. The van der Waals surface area contributed by atoms with Gasteiger partial charge in [0.1, 0.15) is 5.54 Å². The van der Waals surface area contributed by atoms with Gasteiger partial charge < -0.3 is 4.57 Å². The molecule has 0 bridgehead atoms. The number of nitrogens with zero attached hydrogens (tertiary/aromatic N) is 2. The van der Waals surface area contributed by atoms with E-state index >= 15 is 0 Å². The molecule has 1 aliphatic carbocycles. The number of carbonyl (C=O) groups excluding carboxylic acids is 1. The molecule has 1 aromatic heterocycles. The van der Waals surface area contributed by atoms with Crippen LogP contribution in [-0.4, -0.2) is 10.6 Å². The van der Waals surface area contributed by atoms with Crippen molar-refractivity contribution in [1.82, 2.24) is 4.57 Å². The first-order chi connectivity index (χ1) is 8.68. The van der Waals surface area contributed by atoms with E-state index in [1.54, 1.807) is 6.08 Å². The van der Waals surface area contributed by atoms with Crippen LogP contribution in [0.2, 0.25) is 5.02 Å². The van der Waals surface area contributed by atoms with Crippen molar-refractivity contribution in [3.63, 3.8) is 0 Å². The molecule has 4 heteroatoms. The van der Waals surface area contributed by atoms with Gasteiger partial charge in [0, 0.05) is 24.2 Å². The molecule has 0 aliphatic heterocycles. The van der Waals surface area contributed by atoms with Gasteiger partial charge >= 0.3 is 0 Å².